The summed E-state index contributed by atoms with van der Waals surface area (Å²) in [5.74, 6) is 0.0435. The largest absolute Gasteiger partial charge is 0.507 e. The molecule has 8 heteroatoms. The summed E-state index contributed by atoms with van der Waals surface area (Å²) in [6, 6.07) is 22.3. The molecule has 1 atom stereocenters. The molecule has 5 rings (SSSR count). The number of anilines is 2. The zero-order valence-corrected chi connectivity index (χ0v) is 22.2. The van der Waals surface area contributed by atoms with E-state index in [1.165, 1.54) is 0 Å². The first-order chi connectivity index (χ1) is 18.9. The number of amides is 2. The van der Waals surface area contributed by atoms with E-state index >= 15 is 0 Å². The molecule has 8 nitrogen and oxygen atoms in total. The highest BCUT2D eigenvalue weighted by Crippen LogP contribution is 2.32. The van der Waals surface area contributed by atoms with Crippen molar-refractivity contribution in [2.45, 2.75) is 13.3 Å². The Kier molecular flexibility index (Phi) is 7.93. The van der Waals surface area contributed by atoms with E-state index in [9.17, 15) is 19.5 Å². The van der Waals surface area contributed by atoms with Gasteiger partial charge in [-0.2, -0.15) is 0 Å². The number of likely N-dealkylation sites (tertiary alicyclic amines) is 1. The molecule has 0 aliphatic carbocycles. The first kappa shape index (κ1) is 26.4. The Hall–Kier alpha value is -4.17. The van der Waals surface area contributed by atoms with Gasteiger partial charge in [0.15, 0.2) is 5.78 Å². The van der Waals surface area contributed by atoms with Gasteiger partial charge in [-0.3, -0.25) is 19.3 Å². The van der Waals surface area contributed by atoms with Crippen LogP contribution in [0.1, 0.15) is 23.7 Å². The predicted octanol–water partition coefficient (Wildman–Crippen LogP) is 3.87. The van der Waals surface area contributed by atoms with Crippen LogP contribution in [-0.2, 0) is 9.59 Å². The molecule has 0 aromatic heterocycles. The number of rotatable bonds is 7. The molecule has 2 saturated heterocycles. The molecule has 0 unspecified atom stereocenters. The van der Waals surface area contributed by atoms with Crippen LogP contribution in [0.5, 0.6) is 5.75 Å². The molecule has 2 aliphatic rings. The molecule has 0 radical (unpaired) electrons. The fraction of sp³-hybridized carbons (Fsp3) is 0.323. The number of carbonyl (C=O) groups excluding carboxylic acids is 3. The number of nitrogens with one attached hydrogen (secondary N) is 1. The van der Waals surface area contributed by atoms with E-state index in [1.54, 1.807) is 25.1 Å². The van der Waals surface area contributed by atoms with Crippen LogP contribution in [-0.4, -0.2) is 78.3 Å². The lowest BCUT2D eigenvalue weighted by molar-refractivity contribution is -0.132. The monoisotopic (exact) mass is 526 g/mol. The highest BCUT2D eigenvalue weighted by molar-refractivity contribution is 5.95. The number of aromatic hydroxyl groups is 1. The number of Topliss-reactive ketones (excluding diaryl/α,β-unsaturated/α-hetero) is 1. The van der Waals surface area contributed by atoms with E-state index in [2.05, 4.69) is 15.1 Å². The predicted molar refractivity (Wildman–Crippen MR) is 152 cm³/mol. The van der Waals surface area contributed by atoms with E-state index in [-0.39, 0.29) is 29.3 Å². The lowest BCUT2D eigenvalue weighted by Gasteiger charge is -2.36. The minimum absolute atomic E-state index is 0.0520. The van der Waals surface area contributed by atoms with Gasteiger partial charge in [-0.25, -0.2) is 0 Å². The van der Waals surface area contributed by atoms with Gasteiger partial charge in [-0.05, 0) is 67.9 Å². The molecule has 2 aliphatic heterocycles. The Morgan fingerprint density at radius 3 is 2.31 bits per heavy atom. The zero-order chi connectivity index (χ0) is 27.4. The van der Waals surface area contributed by atoms with Crippen LogP contribution in [0.3, 0.4) is 0 Å². The van der Waals surface area contributed by atoms with Crippen LogP contribution < -0.4 is 10.2 Å². The van der Waals surface area contributed by atoms with Crippen molar-refractivity contribution in [3.8, 4) is 16.9 Å². The molecule has 3 aromatic rings. The van der Waals surface area contributed by atoms with E-state index < -0.39 is 0 Å². The molecule has 0 saturated carbocycles. The van der Waals surface area contributed by atoms with E-state index in [4.69, 9.17) is 0 Å². The molecule has 39 heavy (non-hydrogen) atoms. The number of phenols is 1. The van der Waals surface area contributed by atoms with Crippen molar-refractivity contribution in [2.75, 3.05) is 56.0 Å². The Morgan fingerprint density at radius 2 is 1.62 bits per heavy atom. The molecule has 0 spiro atoms. The number of ketones is 1. The SMILES string of the molecule is CC(=O)c1ccc(N2CCN(C(=O)CN3CC[C@@H](C(=O)Nc4ccc(O)c(-c5ccccc5)c4)C3)CC2)cc1. The molecule has 3 aromatic carbocycles. The van der Waals surface area contributed by atoms with E-state index in [1.807, 2.05) is 59.5 Å². The van der Waals surface area contributed by atoms with Gasteiger partial charge >= 0.3 is 0 Å². The maximum atomic E-state index is 13.0. The Balaban J connectivity index is 1.10. The number of phenolic OH excluding ortho intramolecular Hbond substituents is 1. The Bertz CT molecular complexity index is 1330. The van der Waals surface area contributed by atoms with Crippen LogP contribution in [0, 0.1) is 5.92 Å². The van der Waals surface area contributed by atoms with Gasteiger partial charge in [0, 0.05) is 55.2 Å². The highest BCUT2D eigenvalue weighted by Gasteiger charge is 2.31. The van der Waals surface area contributed by atoms with E-state index in [0.717, 1.165) is 24.3 Å². The topological polar surface area (TPSA) is 93.2 Å². The smallest absolute Gasteiger partial charge is 0.236 e. The number of carbonyl (C=O) groups is 3. The maximum Gasteiger partial charge on any atom is 0.236 e. The summed E-state index contributed by atoms with van der Waals surface area (Å²) >= 11 is 0. The normalized spacial score (nSPS) is 17.7. The van der Waals surface area contributed by atoms with Gasteiger partial charge in [0.05, 0.1) is 12.5 Å². The Morgan fingerprint density at radius 1 is 0.897 bits per heavy atom. The number of hydrogen-bond acceptors (Lipinski definition) is 6. The van der Waals surface area contributed by atoms with Crippen molar-refractivity contribution in [3.05, 3.63) is 78.4 Å². The summed E-state index contributed by atoms with van der Waals surface area (Å²) < 4.78 is 0. The van der Waals surface area contributed by atoms with Crippen molar-refractivity contribution in [1.29, 1.82) is 0 Å². The number of nitrogens with zero attached hydrogens (tertiary/aromatic N) is 3. The van der Waals surface area contributed by atoms with Crippen LogP contribution in [0.15, 0.2) is 72.8 Å². The summed E-state index contributed by atoms with van der Waals surface area (Å²) in [6.45, 7) is 5.91. The molecule has 0 bridgehead atoms. The quantitative estimate of drug-likeness (QED) is 0.359. The third-order valence-electron chi connectivity index (χ3n) is 7.62. The number of piperazine rings is 1. The number of benzene rings is 3. The van der Waals surface area contributed by atoms with Gasteiger partial charge in [0.2, 0.25) is 11.8 Å². The molecule has 2 N–H and O–H groups in total. The first-order valence-corrected chi connectivity index (χ1v) is 13.4. The average Bonchev–Trinajstić information content (AvgIpc) is 3.43. The summed E-state index contributed by atoms with van der Waals surface area (Å²) in [6.07, 6.45) is 0.701. The molecular formula is C31H34N4O4. The van der Waals surface area contributed by atoms with Gasteiger partial charge in [-0.1, -0.05) is 30.3 Å². The van der Waals surface area contributed by atoms with Crippen molar-refractivity contribution < 1.29 is 19.5 Å². The van der Waals surface area contributed by atoms with Crippen molar-refractivity contribution >= 4 is 29.0 Å². The lowest BCUT2D eigenvalue weighted by atomic mass is 10.0. The first-order valence-electron chi connectivity index (χ1n) is 13.4. The molecule has 202 valence electrons. The minimum atomic E-state index is -0.193. The van der Waals surface area contributed by atoms with Crippen LogP contribution in [0.2, 0.25) is 0 Å². The van der Waals surface area contributed by atoms with Gasteiger partial charge in [-0.15, -0.1) is 0 Å². The molecule has 2 heterocycles. The molecule has 2 fully saturated rings. The van der Waals surface area contributed by atoms with Crippen LogP contribution in [0.4, 0.5) is 11.4 Å². The third-order valence-corrected chi connectivity index (χ3v) is 7.62. The second-order valence-corrected chi connectivity index (χ2v) is 10.3. The summed E-state index contributed by atoms with van der Waals surface area (Å²) in [5.41, 5.74) is 3.94. The second kappa shape index (κ2) is 11.7. The van der Waals surface area contributed by atoms with Crippen LogP contribution in [0.25, 0.3) is 11.1 Å². The van der Waals surface area contributed by atoms with E-state index in [0.29, 0.717) is 56.0 Å². The highest BCUT2D eigenvalue weighted by atomic mass is 16.3. The maximum absolute atomic E-state index is 13.0. The fourth-order valence-corrected chi connectivity index (χ4v) is 5.31. The van der Waals surface area contributed by atoms with Crippen LogP contribution >= 0.6 is 0 Å². The lowest BCUT2D eigenvalue weighted by Crippen LogP contribution is -2.51. The summed E-state index contributed by atoms with van der Waals surface area (Å²) in [5, 5.41) is 13.3. The van der Waals surface area contributed by atoms with Gasteiger partial charge in [0.1, 0.15) is 5.75 Å². The summed E-state index contributed by atoms with van der Waals surface area (Å²) in [4.78, 5) is 43.7. The number of hydrogen-bond donors (Lipinski definition) is 2. The van der Waals surface area contributed by atoms with Gasteiger partial charge < -0.3 is 20.2 Å². The standard InChI is InChI=1S/C31H34N4O4/c1-22(36)23-7-10-27(11-8-23)34-15-17-35(18-16-34)30(38)21-33-14-13-25(20-33)31(39)32-26-9-12-29(37)28(19-26)24-5-3-2-4-6-24/h2-12,19,25,37H,13-18,20-21H2,1H3,(H,32,39)/t25-/m1/s1. The molecular weight excluding hydrogens is 492 g/mol. The fourth-order valence-electron chi connectivity index (χ4n) is 5.31. The van der Waals surface area contributed by atoms with Gasteiger partial charge in [0.25, 0.3) is 0 Å². The Labute approximate surface area is 228 Å². The van der Waals surface area contributed by atoms with Crippen molar-refractivity contribution in [1.82, 2.24) is 9.80 Å². The third kappa shape index (κ3) is 6.29. The zero-order valence-electron chi connectivity index (χ0n) is 22.2. The average molecular weight is 527 g/mol. The minimum Gasteiger partial charge on any atom is -0.507 e. The molecule has 2 amide bonds. The second-order valence-electron chi connectivity index (χ2n) is 10.3. The summed E-state index contributed by atoms with van der Waals surface area (Å²) in [7, 11) is 0. The van der Waals surface area contributed by atoms with Crippen molar-refractivity contribution in [3.63, 3.8) is 0 Å². The van der Waals surface area contributed by atoms with Crippen molar-refractivity contribution in [2.24, 2.45) is 5.92 Å².